The van der Waals surface area contributed by atoms with Gasteiger partial charge in [0.15, 0.2) is 9.92 Å². The second-order valence-electron chi connectivity index (χ2n) is 9.17. The lowest BCUT2D eigenvalue weighted by atomic mass is 9.90. The van der Waals surface area contributed by atoms with Crippen LogP contribution in [0.4, 0.5) is 23.7 Å². The average Bonchev–Trinajstić information content (AvgIpc) is 3.45. The number of nitrogens with zero attached hydrogens (tertiary/aromatic N) is 2. The van der Waals surface area contributed by atoms with Crippen molar-refractivity contribution in [2.24, 2.45) is 5.41 Å². The van der Waals surface area contributed by atoms with Gasteiger partial charge in [-0.25, -0.2) is 23.2 Å². The van der Waals surface area contributed by atoms with Crippen LogP contribution in [0.5, 0.6) is 5.88 Å². The van der Waals surface area contributed by atoms with Gasteiger partial charge in [-0.05, 0) is 67.7 Å². The van der Waals surface area contributed by atoms with Crippen molar-refractivity contribution in [2.45, 2.75) is 63.1 Å². The SMILES string of the molecule is CC1(C(F)(F)F)COc2c(S(=N)(=O)NC(=O)Nc3c4c(cc5c3CCC5)CCC4)cnn2C1. The molecule has 33 heavy (non-hydrogen) atoms. The van der Waals surface area contributed by atoms with Gasteiger partial charge in [-0.15, -0.1) is 0 Å². The lowest BCUT2D eigenvalue weighted by molar-refractivity contribution is -0.238. The van der Waals surface area contributed by atoms with Gasteiger partial charge in [-0.1, -0.05) is 6.07 Å². The first kappa shape index (κ1) is 22.1. The Labute approximate surface area is 189 Å². The third-order valence-electron chi connectivity index (χ3n) is 6.73. The van der Waals surface area contributed by atoms with Gasteiger partial charge < -0.3 is 10.1 Å². The van der Waals surface area contributed by atoms with Crippen LogP contribution in [0.25, 0.3) is 0 Å². The summed E-state index contributed by atoms with van der Waals surface area (Å²) in [6.45, 7) is -0.215. The molecule has 12 heteroatoms. The summed E-state index contributed by atoms with van der Waals surface area (Å²) < 4.78 is 69.8. The van der Waals surface area contributed by atoms with E-state index in [0.29, 0.717) is 0 Å². The summed E-state index contributed by atoms with van der Waals surface area (Å²) in [5.74, 6) is -0.196. The molecule has 2 unspecified atom stereocenters. The summed E-state index contributed by atoms with van der Waals surface area (Å²) in [4.78, 5) is 12.5. The van der Waals surface area contributed by atoms with Gasteiger partial charge in [0.05, 0.1) is 12.7 Å². The molecule has 5 rings (SSSR count). The lowest BCUT2D eigenvalue weighted by Gasteiger charge is -2.35. The van der Waals surface area contributed by atoms with Gasteiger partial charge >= 0.3 is 12.2 Å². The summed E-state index contributed by atoms with van der Waals surface area (Å²) in [5.41, 5.74) is 3.17. The molecule has 0 spiro atoms. The van der Waals surface area contributed by atoms with Crippen molar-refractivity contribution >= 4 is 21.6 Å². The summed E-state index contributed by atoms with van der Waals surface area (Å²) in [6, 6.07) is 1.41. The van der Waals surface area contributed by atoms with Crippen molar-refractivity contribution in [1.82, 2.24) is 14.5 Å². The van der Waals surface area contributed by atoms with Gasteiger partial charge in [-0.3, -0.25) is 0 Å². The van der Waals surface area contributed by atoms with Gasteiger partial charge in [-0.2, -0.15) is 18.3 Å². The standard InChI is InChI=1S/C21H24F3N5O3S/c1-20(21(22,23)24)10-29-18(32-11-20)16(9-26-29)33(25,31)28-19(30)27-17-14-6-2-4-12(14)8-13-5-3-7-15(13)17/h8-9H,2-7,10-11H2,1H3,(H3,25,27,28,30,31). The molecule has 178 valence electrons. The molecular weight excluding hydrogens is 459 g/mol. The van der Waals surface area contributed by atoms with E-state index in [1.165, 1.54) is 11.1 Å². The van der Waals surface area contributed by atoms with Crippen LogP contribution in [0.1, 0.15) is 42.0 Å². The number of nitrogens with one attached hydrogen (secondary N) is 3. The number of aromatic nitrogens is 2. The van der Waals surface area contributed by atoms with Gasteiger partial charge in [0.2, 0.25) is 5.88 Å². The topological polar surface area (TPSA) is 109 Å². The van der Waals surface area contributed by atoms with E-state index >= 15 is 0 Å². The van der Waals surface area contributed by atoms with E-state index in [4.69, 9.17) is 9.52 Å². The Morgan fingerprint density at radius 3 is 2.45 bits per heavy atom. The predicted octanol–water partition coefficient (Wildman–Crippen LogP) is 3.96. The number of rotatable bonds is 3. The molecule has 3 N–H and O–H groups in total. The first-order valence-corrected chi connectivity index (χ1v) is 12.3. The van der Waals surface area contributed by atoms with Crippen molar-refractivity contribution in [1.29, 1.82) is 4.78 Å². The number of urea groups is 1. The Morgan fingerprint density at radius 1 is 1.21 bits per heavy atom. The number of amides is 2. The number of carbonyl (C=O) groups is 1. The molecular formula is C21H24F3N5O3S. The number of benzene rings is 1. The maximum Gasteiger partial charge on any atom is 0.399 e. The fraction of sp³-hybridized carbons (Fsp3) is 0.524. The molecule has 2 amide bonds. The molecule has 1 aromatic carbocycles. The summed E-state index contributed by atoms with van der Waals surface area (Å²) in [7, 11) is -3.93. The molecule has 8 nitrogen and oxygen atoms in total. The number of alkyl halides is 3. The van der Waals surface area contributed by atoms with Crippen LogP contribution in [0.2, 0.25) is 0 Å². The molecule has 1 aliphatic heterocycles. The zero-order valence-electron chi connectivity index (χ0n) is 18.0. The second kappa shape index (κ2) is 7.37. The minimum absolute atomic E-state index is 0.196. The van der Waals surface area contributed by atoms with Gasteiger partial charge in [0.1, 0.15) is 16.9 Å². The summed E-state index contributed by atoms with van der Waals surface area (Å²) in [6.07, 6.45) is 2.09. The third-order valence-corrected chi connectivity index (χ3v) is 8.10. The highest BCUT2D eigenvalue weighted by Crippen LogP contribution is 2.44. The number of halogens is 3. The fourth-order valence-corrected chi connectivity index (χ4v) is 5.91. The summed E-state index contributed by atoms with van der Waals surface area (Å²) in [5, 5.41) is 6.65. The van der Waals surface area contributed by atoms with Gasteiger partial charge in [0.25, 0.3) is 0 Å². The van der Waals surface area contributed by atoms with Crippen LogP contribution in [-0.2, 0) is 42.1 Å². The van der Waals surface area contributed by atoms with Crippen LogP contribution in [0.15, 0.2) is 17.2 Å². The minimum atomic E-state index is -4.52. The lowest BCUT2D eigenvalue weighted by Crippen LogP contribution is -2.47. The van der Waals surface area contributed by atoms with Crippen molar-refractivity contribution in [3.8, 4) is 5.88 Å². The molecule has 0 radical (unpaired) electrons. The van der Waals surface area contributed by atoms with Crippen molar-refractivity contribution in [3.63, 3.8) is 0 Å². The van der Waals surface area contributed by atoms with E-state index in [9.17, 15) is 22.2 Å². The van der Waals surface area contributed by atoms with E-state index in [-0.39, 0.29) is 10.8 Å². The first-order valence-electron chi connectivity index (χ1n) is 10.8. The quantitative estimate of drug-likeness (QED) is 0.614. The minimum Gasteiger partial charge on any atom is -0.476 e. The molecule has 0 saturated heterocycles. The highest BCUT2D eigenvalue weighted by Gasteiger charge is 2.54. The Hall–Kier alpha value is -2.76. The zero-order valence-corrected chi connectivity index (χ0v) is 18.8. The normalized spacial score (nSPS) is 23.2. The maximum absolute atomic E-state index is 13.3. The fourth-order valence-electron chi connectivity index (χ4n) is 4.88. The third kappa shape index (κ3) is 3.64. The molecule has 2 aliphatic carbocycles. The van der Waals surface area contributed by atoms with Crippen molar-refractivity contribution < 1.29 is 26.9 Å². The van der Waals surface area contributed by atoms with E-state index in [1.54, 1.807) is 0 Å². The van der Waals surface area contributed by atoms with Crippen LogP contribution >= 0.6 is 0 Å². The largest absolute Gasteiger partial charge is 0.476 e. The Kier molecular flexibility index (Phi) is 4.93. The van der Waals surface area contributed by atoms with Crippen LogP contribution in [0, 0.1) is 10.2 Å². The number of ether oxygens (including phenoxy) is 1. The maximum atomic E-state index is 13.3. The molecule has 2 aromatic rings. The number of hydrogen-bond acceptors (Lipinski definition) is 5. The molecule has 0 saturated carbocycles. The predicted molar refractivity (Wildman–Crippen MR) is 114 cm³/mol. The molecule has 0 bridgehead atoms. The monoisotopic (exact) mass is 483 g/mol. The first-order chi connectivity index (χ1) is 15.5. The molecule has 0 fully saturated rings. The highest BCUT2D eigenvalue weighted by atomic mass is 32.2. The van der Waals surface area contributed by atoms with Crippen LogP contribution in [0.3, 0.4) is 0 Å². The Bertz CT molecular complexity index is 1220. The van der Waals surface area contributed by atoms with Crippen LogP contribution < -0.4 is 14.8 Å². The van der Waals surface area contributed by atoms with Gasteiger partial charge in [0, 0.05) is 5.69 Å². The van der Waals surface area contributed by atoms with E-state index in [1.807, 2.05) is 0 Å². The molecule has 2 heterocycles. The zero-order chi connectivity index (χ0) is 23.6. The average molecular weight is 484 g/mol. The summed E-state index contributed by atoms with van der Waals surface area (Å²) >= 11 is 0. The number of carbonyl (C=O) groups excluding carboxylic acids is 1. The number of anilines is 1. The smallest absolute Gasteiger partial charge is 0.399 e. The molecule has 1 aromatic heterocycles. The van der Waals surface area contributed by atoms with Crippen molar-refractivity contribution in [2.75, 3.05) is 11.9 Å². The van der Waals surface area contributed by atoms with E-state index in [0.717, 1.165) is 73.1 Å². The number of aryl methyl sites for hydroxylation is 2. The van der Waals surface area contributed by atoms with E-state index < -0.39 is 40.7 Å². The highest BCUT2D eigenvalue weighted by molar-refractivity contribution is 7.91. The Balaban J connectivity index is 1.37. The molecule has 3 aliphatic rings. The Morgan fingerprint density at radius 2 is 1.85 bits per heavy atom. The number of hydrogen-bond donors (Lipinski definition) is 3. The molecule has 2 atom stereocenters. The number of fused-ring (bicyclic) bond motifs is 3. The van der Waals surface area contributed by atoms with Crippen LogP contribution in [-0.4, -0.2) is 32.8 Å². The second-order valence-corrected chi connectivity index (χ2v) is 10.9. The van der Waals surface area contributed by atoms with E-state index in [2.05, 4.69) is 21.2 Å². The van der Waals surface area contributed by atoms with Crippen molar-refractivity contribution in [3.05, 3.63) is 34.5 Å².